The van der Waals surface area contributed by atoms with Crippen LogP contribution in [0.1, 0.15) is 41.5 Å². The molecule has 0 aromatic rings. The van der Waals surface area contributed by atoms with Gasteiger partial charge in [-0.3, -0.25) is 22.3 Å². The Balaban J connectivity index is -0.0000000543. The fourth-order valence-corrected chi connectivity index (χ4v) is 3.46. The van der Waals surface area contributed by atoms with Crippen molar-refractivity contribution in [2.45, 2.75) is 41.5 Å². The summed E-state index contributed by atoms with van der Waals surface area (Å²) in [6.45, 7) is 18.8. The van der Waals surface area contributed by atoms with E-state index in [4.69, 9.17) is 28.3 Å². The minimum Gasteiger partial charge on any atom is -0.568 e. The summed E-state index contributed by atoms with van der Waals surface area (Å²) in [5.41, 5.74) is 0. The van der Waals surface area contributed by atoms with Crippen LogP contribution in [0.15, 0.2) is 0 Å². The molecule has 2 saturated heterocycles. The van der Waals surface area contributed by atoms with Crippen molar-refractivity contribution in [1.82, 2.24) is 0 Å². The first-order valence-corrected chi connectivity index (χ1v) is 11.9. The summed E-state index contributed by atoms with van der Waals surface area (Å²) in [4.78, 5) is 0. The molecule has 32 heavy (non-hydrogen) atoms. The molecule has 2 aliphatic heterocycles. The first-order valence-electron chi connectivity index (χ1n) is 8.27. The monoisotopic (exact) mass is 1110 g/mol. The molecule has 7 nitrogen and oxygen atoms in total. The van der Waals surface area contributed by atoms with Crippen molar-refractivity contribution >= 4 is 16.0 Å². The Kier molecular flexibility index (Phi) is 46.5. The fourth-order valence-electron chi connectivity index (χ4n) is 1.35. The van der Waals surface area contributed by atoms with Crippen molar-refractivity contribution in [3.8, 4) is 0 Å². The Morgan fingerprint density at radius 3 is 1.78 bits per heavy atom. The molecule has 0 aromatic heterocycles. The predicted molar refractivity (Wildman–Crippen MR) is 102 cm³/mol. The van der Waals surface area contributed by atoms with Gasteiger partial charge in [0.15, 0.2) is 0 Å². The molecule has 2 fully saturated rings. The van der Waals surface area contributed by atoms with Gasteiger partial charge in [0.1, 0.15) is 8.38 Å². The molecule has 0 amide bonds. The SMILES string of the molecule is C[C-](O)C(C)[CH-]O.C[C-]1OP(C)(=O)O[CH-]C1C.C[C-]1OP(C)O[CH-]C1C.[V].[V].[V].[W].[W].[W]. The Hall–Kier alpha value is 4.24. The number of hydrogen-bond acceptors (Lipinski definition) is 7. The van der Waals surface area contributed by atoms with Crippen LogP contribution in [0.25, 0.3) is 0 Å². The van der Waals surface area contributed by atoms with E-state index >= 15 is 0 Å². The van der Waals surface area contributed by atoms with Crippen LogP contribution in [0, 0.1) is 55.9 Å². The third-order valence-electron chi connectivity index (χ3n) is 3.62. The van der Waals surface area contributed by atoms with E-state index in [1.54, 1.807) is 27.4 Å². The first kappa shape index (κ1) is 52.6. The largest absolute Gasteiger partial charge is 0.568 e. The molecule has 5 unspecified atom stereocenters. The average molecular weight is 1110 g/mol. The number of hydrogen-bond donors (Lipinski definition) is 2. The molecule has 2 aliphatic rings. The maximum Gasteiger partial charge on any atom is 0.267 e. The standard InChI is InChI=1S/C6H11O3P.C6H11O2P.C5H10O2.3V.3W/c1-5-4-8-10(3,7)9-6(5)2;1-5-4-7-9(3)8-6(5)2;1-4(3-6)5(2)7;;;;;;/h4-5H,1-3H3;4-5H,1-3H3;3-4,6-7H,1-2H3;;;;;;/q3*-2;;;;;;. The van der Waals surface area contributed by atoms with Gasteiger partial charge in [0.05, 0.1) is 0 Å². The van der Waals surface area contributed by atoms with Gasteiger partial charge in [0.25, 0.3) is 7.60 Å². The van der Waals surface area contributed by atoms with E-state index < -0.39 is 16.0 Å². The molecule has 0 bridgehead atoms. The van der Waals surface area contributed by atoms with Crippen LogP contribution in [0.4, 0.5) is 0 Å². The van der Waals surface area contributed by atoms with Crippen LogP contribution in [-0.4, -0.2) is 23.5 Å². The second-order valence-electron chi connectivity index (χ2n) is 6.25. The summed E-state index contributed by atoms with van der Waals surface area (Å²) in [5.74, 6) is 0.297. The number of rotatable bonds is 2. The Bertz CT molecular complexity index is 450. The van der Waals surface area contributed by atoms with Crippen molar-refractivity contribution in [3.63, 3.8) is 0 Å². The zero-order valence-electron chi connectivity index (χ0n) is 19.4. The summed E-state index contributed by atoms with van der Waals surface area (Å²) in [7, 11) is -3.42. The minimum atomic E-state index is -2.77. The Morgan fingerprint density at radius 1 is 1.09 bits per heavy atom. The smallest absolute Gasteiger partial charge is 0.267 e. The summed E-state index contributed by atoms with van der Waals surface area (Å²) in [5, 5.41) is 16.7. The van der Waals surface area contributed by atoms with Crippen molar-refractivity contribution < 1.29 is 152 Å². The molecule has 0 aromatic carbocycles. The Labute approximate surface area is 275 Å². The molecule has 191 valence electrons. The van der Waals surface area contributed by atoms with Crippen LogP contribution in [0.5, 0.6) is 0 Å². The molecule has 2 N–H and O–H groups in total. The summed E-state index contributed by atoms with van der Waals surface area (Å²) in [6, 6.07) is 0. The van der Waals surface area contributed by atoms with Gasteiger partial charge in [-0.1, -0.05) is 0 Å². The topological polar surface area (TPSA) is 94.5 Å². The molecular weight excluding hydrogens is 1080 g/mol. The first-order chi connectivity index (χ1) is 11.9. The molecule has 5 atom stereocenters. The van der Waals surface area contributed by atoms with Gasteiger partial charge in [0.2, 0.25) is 0 Å². The Morgan fingerprint density at radius 2 is 1.53 bits per heavy atom. The van der Waals surface area contributed by atoms with Gasteiger partial charge in [-0.15, -0.1) is 20.8 Å². The van der Waals surface area contributed by atoms with Crippen molar-refractivity contribution in [3.05, 3.63) is 38.1 Å². The number of aliphatic hydroxyl groups is 2. The quantitative estimate of drug-likeness (QED) is 0.275. The second kappa shape index (κ2) is 28.3. The van der Waals surface area contributed by atoms with E-state index in [0.29, 0.717) is 5.92 Å². The van der Waals surface area contributed by atoms with Crippen LogP contribution in [-0.2, 0) is 142 Å². The van der Waals surface area contributed by atoms with Crippen LogP contribution >= 0.6 is 16.0 Å². The van der Waals surface area contributed by atoms with Gasteiger partial charge in [-0.2, -0.15) is 20.8 Å². The van der Waals surface area contributed by atoms with Crippen LogP contribution in [0.2, 0.25) is 0 Å². The second-order valence-corrected chi connectivity index (χ2v) is 9.46. The zero-order chi connectivity index (χ0) is 20.5. The molecule has 3 radical (unpaired) electrons. The molecule has 15 heteroatoms. The predicted octanol–water partition coefficient (Wildman–Crippen LogP) is 5.60. The summed E-state index contributed by atoms with van der Waals surface area (Å²) < 4.78 is 31.4. The summed E-state index contributed by atoms with van der Waals surface area (Å²) in [6.07, 6.45) is 2.06. The van der Waals surface area contributed by atoms with Gasteiger partial charge in [-0.25, -0.2) is 38.1 Å². The maximum atomic E-state index is 11.1. The van der Waals surface area contributed by atoms with Gasteiger partial charge < -0.3 is 28.3 Å². The zero-order valence-corrected chi connectivity index (χ0v) is 34.1. The van der Waals surface area contributed by atoms with Gasteiger partial charge in [-0.05, 0) is 0 Å². The maximum absolute atomic E-state index is 11.1. The number of aliphatic hydroxyl groups excluding tert-OH is 2. The van der Waals surface area contributed by atoms with E-state index in [2.05, 4.69) is 6.92 Å². The van der Waals surface area contributed by atoms with E-state index in [1.807, 2.05) is 27.1 Å². The van der Waals surface area contributed by atoms with Crippen molar-refractivity contribution in [2.24, 2.45) is 17.8 Å². The molecule has 0 spiro atoms. The van der Waals surface area contributed by atoms with Gasteiger partial charge >= 0.3 is 0 Å². The molecular formula is C17H32O7P2V3W3-6. The molecule has 0 saturated carbocycles. The van der Waals surface area contributed by atoms with Crippen molar-refractivity contribution in [1.29, 1.82) is 0 Å². The minimum absolute atomic E-state index is 0. The fraction of sp³-hybridized carbons (Fsp3) is 0.647. The normalized spacial score (nSPS) is 27.9. The molecule has 0 aliphatic carbocycles. The van der Waals surface area contributed by atoms with Crippen LogP contribution in [0.3, 0.4) is 0 Å². The third kappa shape index (κ3) is 25.9. The molecule has 2 rings (SSSR count). The van der Waals surface area contributed by atoms with Gasteiger partial charge in [0, 0.05) is 132 Å². The van der Waals surface area contributed by atoms with E-state index in [0.717, 1.165) is 18.8 Å². The van der Waals surface area contributed by atoms with E-state index in [1.165, 1.54) is 6.66 Å². The van der Waals surface area contributed by atoms with E-state index in [-0.39, 0.29) is 137 Å². The van der Waals surface area contributed by atoms with Crippen molar-refractivity contribution in [2.75, 3.05) is 13.3 Å². The van der Waals surface area contributed by atoms with Crippen LogP contribution < -0.4 is 0 Å². The summed E-state index contributed by atoms with van der Waals surface area (Å²) >= 11 is 0. The van der Waals surface area contributed by atoms with E-state index in [9.17, 15) is 4.57 Å². The average Bonchev–Trinajstić information content (AvgIpc) is 2.55. The third-order valence-corrected chi connectivity index (χ3v) is 5.71. The molecule has 2 heterocycles.